The molecule has 0 bridgehead atoms. The highest BCUT2D eigenvalue weighted by Gasteiger charge is 2.18. The van der Waals surface area contributed by atoms with Gasteiger partial charge in [-0.2, -0.15) is 0 Å². The highest BCUT2D eigenvalue weighted by Crippen LogP contribution is 2.25. The first-order valence-electron chi connectivity index (χ1n) is 4.33. The number of carbonyl (C=O) groups excluding carboxylic acids is 1. The van der Waals surface area contributed by atoms with E-state index in [1.54, 1.807) is 6.92 Å². The zero-order valence-electron chi connectivity index (χ0n) is 8.40. The van der Waals surface area contributed by atoms with Crippen molar-refractivity contribution in [3.63, 3.8) is 0 Å². The number of methoxy groups -OCH3 is 1. The Morgan fingerprint density at radius 1 is 1.71 bits per heavy atom. The number of aryl methyl sites for hydroxylation is 1. The maximum absolute atomic E-state index is 11.2. The molecule has 0 saturated carbocycles. The molecule has 0 spiro atoms. The molecule has 1 N–H and O–H groups in total. The van der Waals surface area contributed by atoms with Crippen LogP contribution in [0.5, 0.6) is 0 Å². The third-order valence-electron chi connectivity index (χ3n) is 1.86. The van der Waals surface area contributed by atoms with E-state index >= 15 is 0 Å². The predicted octanol–water partition coefficient (Wildman–Crippen LogP) is 1.68. The lowest BCUT2D eigenvalue weighted by Gasteiger charge is -2.00. The Morgan fingerprint density at radius 2 is 2.36 bits per heavy atom. The Morgan fingerprint density at radius 3 is 2.86 bits per heavy atom. The van der Waals surface area contributed by atoms with Crippen LogP contribution in [0.1, 0.15) is 39.8 Å². The molecule has 1 rings (SSSR count). The van der Waals surface area contributed by atoms with Crippen LogP contribution in [0.2, 0.25) is 0 Å². The normalized spacial score (nSPS) is 12.6. The summed E-state index contributed by atoms with van der Waals surface area (Å²) in [5, 5.41) is 10.1. The summed E-state index contributed by atoms with van der Waals surface area (Å²) >= 11 is 1.19. The van der Waals surface area contributed by atoms with Crippen LogP contribution in [0.3, 0.4) is 0 Å². The number of esters is 1. The highest BCUT2D eigenvalue weighted by molar-refractivity contribution is 7.13. The molecule has 1 heterocycles. The Kier molecular flexibility index (Phi) is 3.60. The Balaban J connectivity index is 2.98. The van der Waals surface area contributed by atoms with Gasteiger partial charge in [0, 0.05) is 0 Å². The van der Waals surface area contributed by atoms with Crippen molar-refractivity contribution in [1.82, 2.24) is 4.98 Å². The second kappa shape index (κ2) is 4.52. The van der Waals surface area contributed by atoms with Crippen molar-refractivity contribution in [3.05, 3.63) is 15.6 Å². The maximum atomic E-state index is 11.2. The van der Waals surface area contributed by atoms with Gasteiger partial charge in [-0.05, 0) is 13.3 Å². The number of aromatic nitrogens is 1. The Hall–Kier alpha value is -0.940. The van der Waals surface area contributed by atoms with Gasteiger partial charge in [-0.3, -0.25) is 0 Å². The number of aliphatic hydroxyl groups is 1. The van der Waals surface area contributed by atoms with Gasteiger partial charge in [0.2, 0.25) is 0 Å². The zero-order chi connectivity index (χ0) is 10.7. The van der Waals surface area contributed by atoms with Crippen LogP contribution in [0.25, 0.3) is 0 Å². The van der Waals surface area contributed by atoms with E-state index in [0.29, 0.717) is 22.0 Å². The summed E-state index contributed by atoms with van der Waals surface area (Å²) in [6.07, 6.45) is 0.00483. The molecule has 1 atom stereocenters. The molecule has 78 valence electrons. The summed E-state index contributed by atoms with van der Waals surface area (Å²) in [5.41, 5.74) is 0.615. The SMILES string of the molecule is CCC(O)c1nc(C)c(C(=O)OC)s1. The first-order valence-corrected chi connectivity index (χ1v) is 5.15. The second-order valence-electron chi connectivity index (χ2n) is 2.88. The molecule has 0 fully saturated rings. The van der Waals surface area contributed by atoms with E-state index in [0.717, 1.165) is 0 Å². The van der Waals surface area contributed by atoms with E-state index in [9.17, 15) is 9.90 Å². The van der Waals surface area contributed by atoms with Gasteiger partial charge in [-0.15, -0.1) is 11.3 Å². The van der Waals surface area contributed by atoms with E-state index in [-0.39, 0.29) is 0 Å². The molecule has 0 radical (unpaired) electrons. The number of hydrogen-bond donors (Lipinski definition) is 1. The Labute approximate surface area is 86.6 Å². The smallest absolute Gasteiger partial charge is 0.349 e. The first-order chi connectivity index (χ1) is 6.60. The standard InChI is InChI=1S/C9H13NO3S/c1-4-6(11)8-10-5(2)7(14-8)9(12)13-3/h6,11H,4H2,1-3H3. The summed E-state index contributed by atoms with van der Waals surface area (Å²) in [7, 11) is 1.33. The molecule has 14 heavy (non-hydrogen) atoms. The predicted molar refractivity (Wildman–Crippen MR) is 53.4 cm³/mol. The van der Waals surface area contributed by atoms with Gasteiger partial charge in [0.15, 0.2) is 0 Å². The molecule has 1 aromatic rings. The van der Waals surface area contributed by atoms with E-state index in [1.165, 1.54) is 18.4 Å². The summed E-state index contributed by atoms with van der Waals surface area (Å²) in [4.78, 5) is 15.8. The van der Waals surface area contributed by atoms with Gasteiger partial charge in [-0.1, -0.05) is 6.92 Å². The fourth-order valence-electron chi connectivity index (χ4n) is 1.02. The van der Waals surface area contributed by atoms with Crippen molar-refractivity contribution in [1.29, 1.82) is 0 Å². The first kappa shape index (κ1) is 11.1. The summed E-state index contributed by atoms with van der Waals surface area (Å²) < 4.78 is 4.59. The number of carbonyl (C=O) groups is 1. The number of aliphatic hydroxyl groups excluding tert-OH is 1. The van der Waals surface area contributed by atoms with Crippen LogP contribution >= 0.6 is 11.3 Å². The summed E-state index contributed by atoms with van der Waals surface area (Å²) in [6.45, 7) is 3.59. The van der Waals surface area contributed by atoms with Crippen LogP contribution in [0.4, 0.5) is 0 Å². The molecule has 0 amide bonds. The molecular formula is C9H13NO3S. The average Bonchev–Trinajstić information content (AvgIpc) is 2.58. The number of nitrogens with zero attached hydrogens (tertiary/aromatic N) is 1. The van der Waals surface area contributed by atoms with Crippen LogP contribution in [-0.2, 0) is 4.74 Å². The van der Waals surface area contributed by atoms with Gasteiger partial charge in [0.25, 0.3) is 0 Å². The molecule has 0 saturated heterocycles. The number of thiazole rings is 1. The van der Waals surface area contributed by atoms with E-state index in [1.807, 2.05) is 6.92 Å². The number of ether oxygens (including phenoxy) is 1. The zero-order valence-corrected chi connectivity index (χ0v) is 9.22. The van der Waals surface area contributed by atoms with E-state index in [4.69, 9.17) is 0 Å². The van der Waals surface area contributed by atoms with Crippen molar-refractivity contribution in [2.24, 2.45) is 0 Å². The fraction of sp³-hybridized carbons (Fsp3) is 0.556. The lowest BCUT2D eigenvalue weighted by molar-refractivity contribution is 0.0605. The fourth-order valence-corrected chi connectivity index (χ4v) is 2.07. The third-order valence-corrected chi connectivity index (χ3v) is 3.09. The quantitative estimate of drug-likeness (QED) is 0.779. The molecule has 0 aliphatic rings. The average molecular weight is 215 g/mol. The minimum Gasteiger partial charge on any atom is -0.465 e. The van der Waals surface area contributed by atoms with Crippen molar-refractivity contribution < 1.29 is 14.6 Å². The molecule has 0 aromatic carbocycles. The van der Waals surface area contributed by atoms with Gasteiger partial charge >= 0.3 is 5.97 Å². The van der Waals surface area contributed by atoms with Crippen LogP contribution in [-0.4, -0.2) is 23.2 Å². The molecule has 5 heteroatoms. The molecule has 4 nitrogen and oxygen atoms in total. The molecule has 1 unspecified atom stereocenters. The lowest BCUT2D eigenvalue weighted by Crippen LogP contribution is -1.99. The monoisotopic (exact) mass is 215 g/mol. The van der Waals surface area contributed by atoms with Crippen molar-refractivity contribution in [3.8, 4) is 0 Å². The molecule has 1 aromatic heterocycles. The van der Waals surface area contributed by atoms with Gasteiger partial charge in [0.1, 0.15) is 16.0 Å². The molecular weight excluding hydrogens is 202 g/mol. The highest BCUT2D eigenvalue weighted by atomic mass is 32.1. The van der Waals surface area contributed by atoms with Crippen LogP contribution in [0, 0.1) is 6.92 Å². The third kappa shape index (κ3) is 2.10. The van der Waals surface area contributed by atoms with Crippen LogP contribution in [0.15, 0.2) is 0 Å². The van der Waals surface area contributed by atoms with Crippen molar-refractivity contribution in [2.75, 3.05) is 7.11 Å². The number of rotatable bonds is 3. The van der Waals surface area contributed by atoms with Crippen molar-refractivity contribution >= 4 is 17.3 Å². The van der Waals surface area contributed by atoms with Crippen molar-refractivity contribution in [2.45, 2.75) is 26.4 Å². The number of hydrogen-bond acceptors (Lipinski definition) is 5. The van der Waals surface area contributed by atoms with Gasteiger partial charge < -0.3 is 9.84 Å². The van der Waals surface area contributed by atoms with E-state index < -0.39 is 12.1 Å². The minimum atomic E-state index is -0.586. The largest absolute Gasteiger partial charge is 0.465 e. The van der Waals surface area contributed by atoms with E-state index in [2.05, 4.69) is 9.72 Å². The van der Waals surface area contributed by atoms with Crippen LogP contribution < -0.4 is 0 Å². The lowest BCUT2D eigenvalue weighted by atomic mass is 10.3. The summed E-state index contributed by atoms with van der Waals surface area (Å²) in [5.74, 6) is -0.394. The second-order valence-corrected chi connectivity index (χ2v) is 3.91. The van der Waals surface area contributed by atoms with Gasteiger partial charge in [-0.25, -0.2) is 9.78 Å². The molecule has 0 aliphatic carbocycles. The maximum Gasteiger partial charge on any atom is 0.349 e. The Bertz CT molecular complexity index is 335. The summed E-state index contributed by atoms with van der Waals surface area (Å²) in [6, 6.07) is 0. The topological polar surface area (TPSA) is 59.4 Å². The minimum absolute atomic E-state index is 0.394. The van der Waals surface area contributed by atoms with Gasteiger partial charge in [0.05, 0.1) is 12.8 Å². The molecule has 0 aliphatic heterocycles.